The van der Waals surface area contributed by atoms with Crippen LogP contribution < -0.4 is 5.14 Å². The fourth-order valence-corrected chi connectivity index (χ4v) is 3.88. The lowest BCUT2D eigenvalue weighted by Crippen LogP contribution is -2.28. The van der Waals surface area contributed by atoms with Crippen molar-refractivity contribution in [3.8, 4) is 0 Å². The molecular formula is C17H24N4O3S. The molecule has 0 aliphatic carbocycles. The van der Waals surface area contributed by atoms with E-state index in [4.69, 9.17) is 5.14 Å². The van der Waals surface area contributed by atoms with Crippen LogP contribution in [0, 0.1) is 0 Å². The van der Waals surface area contributed by atoms with Crippen molar-refractivity contribution >= 4 is 27.0 Å². The topological polar surface area (TPSA) is 98.3 Å². The van der Waals surface area contributed by atoms with Crippen LogP contribution in [0.15, 0.2) is 23.1 Å². The van der Waals surface area contributed by atoms with Crippen LogP contribution in [0.5, 0.6) is 0 Å². The summed E-state index contributed by atoms with van der Waals surface area (Å²) >= 11 is 0. The number of hydrogen-bond donors (Lipinski definition) is 1. The number of fused-ring (bicyclic) bond motifs is 1. The van der Waals surface area contributed by atoms with Gasteiger partial charge in [0.1, 0.15) is 5.82 Å². The molecule has 2 aromatic rings. The Labute approximate surface area is 147 Å². The molecule has 2 N–H and O–H groups in total. The van der Waals surface area contributed by atoms with E-state index in [1.807, 2.05) is 4.90 Å². The van der Waals surface area contributed by atoms with E-state index in [1.54, 1.807) is 6.07 Å². The van der Waals surface area contributed by atoms with Gasteiger partial charge in [-0.05, 0) is 37.5 Å². The highest BCUT2D eigenvalue weighted by atomic mass is 32.2. The van der Waals surface area contributed by atoms with E-state index in [1.165, 1.54) is 12.1 Å². The van der Waals surface area contributed by atoms with Gasteiger partial charge >= 0.3 is 0 Å². The highest BCUT2D eigenvalue weighted by Crippen LogP contribution is 2.22. The molecule has 7 nitrogen and oxygen atoms in total. The number of benzene rings is 1. The zero-order valence-corrected chi connectivity index (χ0v) is 15.3. The highest BCUT2D eigenvalue weighted by molar-refractivity contribution is 7.89. The molecule has 1 amide bonds. The largest absolute Gasteiger partial charge is 0.343 e. The van der Waals surface area contributed by atoms with E-state index >= 15 is 0 Å². The number of rotatable bonds is 6. The molecule has 0 atom stereocenters. The predicted octanol–water partition coefficient (Wildman–Crippen LogP) is 1.65. The minimum atomic E-state index is -3.76. The number of sulfonamides is 1. The van der Waals surface area contributed by atoms with Crippen molar-refractivity contribution in [2.24, 2.45) is 5.14 Å². The van der Waals surface area contributed by atoms with Crippen molar-refractivity contribution in [1.82, 2.24) is 14.5 Å². The molecule has 1 aromatic carbocycles. The summed E-state index contributed by atoms with van der Waals surface area (Å²) in [6.45, 7) is 4.55. The third kappa shape index (κ3) is 3.85. The Morgan fingerprint density at radius 3 is 2.64 bits per heavy atom. The molecule has 0 unspecified atom stereocenters. The van der Waals surface area contributed by atoms with E-state index in [2.05, 4.69) is 16.5 Å². The standard InChI is InChI=1S/C17H24N4O3S/c1-2-9-21-15-6-5-13(25(18,23)24)12-14(15)19-16(21)7-8-17(22)20-10-3-4-11-20/h5-6,12H,2-4,7-11H2,1H3,(H2,18,23,24). The molecule has 8 heteroatoms. The Hall–Kier alpha value is -1.93. The molecule has 1 saturated heterocycles. The summed E-state index contributed by atoms with van der Waals surface area (Å²) in [6, 6.07) is 4.75. The summed E-state index contributed by atoms with van der Waals surface area (Å²) in [5, 5.41) is 5.21. The number of nitrogens with zero attached hydrogens (tertiary/aromatic N) is 3. The lowest BCUT2D eigenvalue weighted by Gasteiger charge is -2.15. The second-order valence-corrected chi connectivity index (χ2v) is 8.02. The number of nitrogens with two attached hydrogens (primary N) is 1. The van der Waals surface area contributed by atoms with Gasteiger partial charge in [0.05, 0.1) is 15.9 Å². The van der Waals surface area contributed by atoms with Gasteiger partial charge < -0.3 is 9.47 Å². The lowest BCUT2D eigenvalue weighted by atomic mass is 10.2. The number of carbonyl (C=O) groups is 1. The number of hydrogen-bond acceptors (Lipinski definition) is 4. The summed E-state index contributed by atoms with van der Waals surface area (Å²) in [6.07, 6.45) is 4.06. The molecule has 3 rings (SSSR count). The molecule has 0 saturated carbocycles. The van der Waals surface area contributed by atoms with Crippen LogP contribution in [0.4, 0.5) is 0 Å². The Morgan fingerprint density at radius 2 is 2.00 bits per heavy atom. The Kier molecular flexibility index (Phi) is 5.10. The van der Waals surface area contributed by atoms with Gasteiger partial charge in [0, 0.05) is 32.5 Å². The van der Waals surface area contributed by atoms with Crippen LogP contribution in [-0.4, -0.2) is 41.9 Å². The average molecular weight is 364 g/mol. The third-order valence-electron chi connectivity index (χ3n) is 4.60. The number of likely N-dealkylation sites (tertiary alicyclic amines) is 1. The summed E-state index contributed by atoms with van der Waals surface area (Å²) in [7, 11) is -3.76. The molecule has 136 valence electrons. The number of carbonyl (C=O) groups excluding carboxylic acids is 1. The Balaban J connectivity index is 1.87. The molecule has 0 bridgehead atoms. The maximum absolute atomic E-state index is 12.3. The first-order chi connectivity index (χ1) is 11.9. The van der Waals surface area contributed by atoms with Crippen molar-refractivity contribution in [2.45, 2.75) is 50.5 Å². The predicted molar refractivity (Wildman–Crippen MR) is 95.5 cm³/mol. The van der Waals surface area contributed by atoms with Crippen molar-refractivity contribution in [2.75, 3.05) is 13.1 Å². The van der Waals surface area contributed by atoms with Gasteiger partial charge in [-0.3, -0.25) is 4.79 Å². The van der Waals surface area contributed by atoms with Crippen LogP contribution in [-0.2, 0) is 27.8 Å². The van der Waals surface area contributed by atoms with Crippen LogP contribution in [0.2, 0.25) is 0 Å². The minimum Gasteiger partial charge on any atom is -0.343 e. The summed E-state index contributed by atoms with van der Waals surface area (Å²) < 4.78 is 25.2. The second kappa shape index (κ2) is 7.13. The van der Waals surface area contributed by atoms with E-state index < -0.39 is 10.0 Å². The number of aromatic nitrogens is 2. The number of aryl methyl sites for hydroxylation is 2. The van der Waals surface area contributed by atoms with Gasteiger partial charge in [-0.15, -0.1) is 0 Å². The fourth-order valence-electron chi connectivity index (χ4n) is 3.34. The monoisotopic (exact) mass is 364 g/mol. The normalized spacial score (nSPS) is 15.2. The van der Waals surface area contributed by atoms with Gasteiger partial charge in [0.25, 0.3) is 0 Å². The summed E-state index contributed by atoms with van der Waals surface area (Å²) in [4.78, 5) is 18.8. The van der Waals surface area contributed by atoms with Crippen molar-refractivity contribution < 1.29 is 13.2 Å². The Bertz CT molecular complexity index is 883. The molecule has 0 radical (unpaired) electrons. The quantitative estimate of drug-likeness (QED) is 0.842. The number of amides is 1. The Morgan fingerprint density at radius 1 is 1.28 bits per heavy atom. The van der Waals surface area contributed by atoms with Crippen molar-refractivity contribution in [3.63, 3.8) is 0 Å². The van der Waals surface area contributed by atoms with Gasteiger partial charge in [0.2, 0.25) is 15.9 Å². The molecule has 1 aliphatic rings. The number of primary sulfonamides is 1. The second-order valence-electron chi connectivity index (χ2n) is 6.46. The van der Waals surface area contributed by atoms with Crippen molar-refractivity contribution in [1.29, 1.82) is 0 Å². The first-order valence-corrected chi connectivity index (χ1v) is 10.2. The first kappa shape index (κ1) is 17.9. The van der Waals surface area contributed by atoms with E-state index in [9.17, 15) is 13.2 Å². The smallest absolute Gasteiger partial charge is 0.238 e. The fraction of sp³-hybridized carbons (Fsp3) is 0.529. The SMILES string of the molecule is CCCn1c(CCC(=O)N2CCCC2)nc2cc(S(N)(=O)=O)ccc21. The van der Waals surface area contributed by atoms with Crippen LogP contribution in [0.25, 0.3) is 11.0 Å². The van der Waals surface area contributed by atoms with Crippen LogP contribution in [0.1, 0.15) is 38.4 Å². The molecule has 1 aromatic heterocycles. The summed E-state index contributed by atoms with van der Waals surface area (Å²) in [5.74, 6) is 0.980. The van der Waals surface area contributed by atoms with Gasteiger partial charge in [-0.1, -0.05) is 6.92 Å². The molecular weight excluding hydrogens is 340 g/mol. The zero-order valence-electron chi connectivity index (χ0n) is 14.4. The third-order valence-corrected chi connectivity index (χ3v) is 5.51. The maximum atomic E-state index is 12.3. The van der Waals surface area contributed by atoms with Gasteiger partial charge in [-0.2, -0.15) is 0 Å². The van der Waals surface area contributed by atoms with E-state index in [0.29, 0.717) is 18.4 Å². The molecule has 2 heterocycles. The highest BCUT2D eigenvalue weighted by Gasteiger charge is 2.19. The molecule has 25 heavy (non-hydrogen) atoms. The molecule has 1 fully saturated rings. The van der Waals surface area contributed by atoms with Crippen LogP contribution >= 0.6 is 0 Å². The van der Waals surface area contributed by atoms with E-state index in [-0.39, 0.29) is 10.8 Å². The van der Waals surface area contributed by atoms with Crippen LogP contribution in [0.3, 0.4) is 0 Å². The summed E-state index contributed by atoms with van der Waals surface area (Å²) in [5.41, 5.74) is 1.47. The molecule has 0 spiro atoms. The average Bonchev–Trinajstić information content (AvgIpc) is 3.20. The minimum absolute atomic E-state index is 0.0563. The zero-order chi connectivity index (χ0) is 18.0. The maximum Gasteiger partial charge on any atom is 0.238 e. The van der Waals surface area contributed by atoms with Gasteiger partial charge in [-0.25, -0.2) is 18.5 Å². The number of imidazole rings is 1. The van der Waals surface area contributed by atoms with Crippen molar-refractivity contribution in [3.05, 3.63) is 24.0 Å². The van der Waals surface area contributed by atoms with Gasteiger partial charge in [0.15, 0.2) is 0 Å². The molecule has 1 aliphatic heterocycles. The van der Waals surface area contributed by atoms with E-state index in [0.717, 1.165) is 50.2 Å². The lowest BCUT2D eigenvalue weighted by molar-refractivity contribution is -0.130. The first-order valence-electron chi connectivity index (χ1n) is 8.70.